The van der Waals surface area contributed by atoms with E-state index >= 15 is 0 Å². The zero-order chi connectivity index (χ0) is 19.3. The van der Waals surface area contributed by atoms with Gasteiger partial charge in [-0.15, -0.1) is 0 Å². The van der Waals surface area contributed by atoms with Gasteiger partial charge in [0.25, 0.3) is 0 Å². The van der Waals surface area contributed by atoms with Crippen LogP contribution >= 0.6 is 0 Å². The highest BCUT2D eigenvalue weighted by atomic mass is 16.6. The Morgan fingerprint density at radius 3 is 2.68 bits per heavy atom. The van der Waals surface area contributed by atoms with Crippen LogP contribution in [-0.4, -0.2) is 24.7 Å². The molecule has 0 saturated heterocycles. The van der Waals surface area contributed by atoms with Gasteiger partial charge in [-0.3, -0.25) is 10.3 Å². The number of ether oxygens (including phenoxy) is 2. The lowest BCUT2D eigenvalue weighted by Crippen LogP contribution is -2.20. The number of rotatable bonds is 5. The molecule has 0 atom stereocenters. The van der Waals surface area contributed by atoms with Gasteiger partial charge in [-0.05, 0) is 66.6 Å². The van der Waals surface area contributed by atoms with Crippen LogP contribution in [0.4, 0.5) is 16.2 Å². The largest absolute Gasteiger partial charge is 0.497 e. The van der Waals surface area contributed by atoms with E-state index in [1.165, 1.54) is 5.56 Å². The summed E-state index contributed by atoms with van der Waals surface area (Å²) in [6, 6.07) is 18.8. The van der Waals surface area contributed by atoms with Crippen molar-refractivity contribution < 1.29 is 14.3 Å². The Bertz CT molecular complexity index is 959. The Morgan fingerprint density at radius 2 is 1.93 bits per heavy atom. The van der Waals surface area contributed by atoms with E-state index in [1.807, 2.05) is 42.6 Å². The van der Waals surface area contributed by atoms with Gasteiger partial charge in [0.05, 0.1) is 19.3 Å². The molecule has 0 saturated carbocycles. The molecule has 2 heterocycles. The minimum Gasteiger partial charge on any atom is -0.497 e. The summed E-state index contributed by atoms with van der Waals surface area (Å²) < 4.78 is 10.5. The van der Waals surface area contributed by atoms with Crippen molar-refractivity contribution in [3.63, 3.8) is 0 Å². The zero-order valence-electron chi connectivity index (χ0n) is 15.6. The summed E-state index contributed by atoms with van der Waals surface area (Å²) in [5.74, 6) is 1.26. The molecule has 1 N–H and O–H groups in total. The third kappa shape index (κ3) is 4.06. The second kappa shape index (κ2) is 8.00. The Balaban J connectivity index is 1.39. The number of aromatic nitrogens is 1. The fourth-order valence-corrected chi connectivity index (χ4v) is 3.29. The normalized spacial score (nSPS) is 12.4. The summed E-state index contributed by atoms with van der Waals surface area (Å²) in [7, 11) is 1.60. The van der Waals surface area contributed by atoms with Gasteiger partial charge in [-0.25, -0.2) is 4.79 Å². The fraction of sp³-hybridized carbons (Fsp3) is 0.182. The van der Waals surface area contributed by atoms with Crippen LogP contribution in [0, 0.1) is 0 Å². The number of hydrogen-bond donors (Lipinski definition) is 1. The smallest absolute Gasteiger partial charge is 0.417 e. The van der Waals surface area contributed by atoms with Gasteiger partial charge in [0.1, 0.15) is 11.5 Å². The predicted molar refractivity (Wildman–Crippen MR) is 108 cm³/mol. The van der Waals surface area contributed by atoms with E-state index in [0.29, 0.717) is 11.4 Å². The lowest BCUT2D eigenvalue weighted by molar-refractivity contribution is 0.215. The molecule has 0 fully saturated rings. The lowest BCUT2D eigenvalue weighted by atomic mass is 10.1. The van der Waals surface area contributed by atoms with E-state index < -0.39 is 6.09 Å². The van der Waals surface area contributed by atoms with Gasteiger partial charge in [-0.2, -0.15) is 0 Å². The van der Waals surface area contributed by atoms with E-state index in [1.54, 1.807) is 31.4 Å². The van der Waals surface area contributed by atoms with Crippen LogP contribution in [-0.2, 0) is 13.0 Å². The quantitative estimate of drug-likeness (QED) is 0.722. The number of hydrogen-bond acceptors (Lipinski definition) is 5. The predicted octanol–water partition coefficient (Wildman–Crippen LogP) is 4.26. The van der Waals surface area contributed by atoms with Crippen molar-refractivity contribution in [3.8, 4) is 11.5 Å². The van der Waals surface area contributed by atoms with E-state index in [0.717, 1.165) is 36.6 Å². The Morgan fingerprint density at radius 1 is 1.11 bits per heavy atom. The number of amides is 1. The Hall–Kier alpha value is -3.54. The molecule has 1 aromatic heterocycles. The van der Waals surface area contributed by atoms with Crippen molar-refractivity contribution in [3.05, 3.63) is 78.1 Å². The summed E-state index contributed by atoms with van der Waals surface area (Å²) in [6.45, 7) is 1.69. The monoisotopic (exact) mass is 375 g/mol. The molecule has 0 unspecified atom stereocenters. The van der Waals surface area contributed by atoms with Gasteiger partial charge >= 0.3 is 6.09 Å². The van der Waals surface area contributed by atoms with Crippen molar-refractivity contribution in [2.24, 2.45) is 0 Å². The molecule has 6 nitrogen and oxygen atoms in total. The standard InChI is InChI=1S/C22H21N3O3/c1-27-19-7-5-17(6-8-19)24-22(26)28-20-9-10-21-16(14-20)11-13-25(21)15-18-4-2-3-12-23-18/h2-10,12,14H,11,13,15H2,1H3,(H,24,26). The number of nitrogens with one attached hydrogen (secondary N) is 1. The second-order valence-corrected chi connectivity index (χ2v) is 6.53. The van der Waals surface area contributed by atoms with E-state index in [4.69, 9.17) is 9.47 Å². The number of carbonyl (C=O) groups is 1. The van der Waals surface area contributed by atoms with E-state index in [9.17, 15) is 4.79 Å². The number of carbonyl (C=O) groups excluding carboxylic acids is 1. The Labute approximate surface area is 163 Å². The van der Waals surface area contributed by atoms with Crippen molar-refractivity contribution in [1.82, 2.24) is 4.98 Å². The van der Waals surface area contributed by atoms with Crippen LogP contribution in [0.3, 0.4) is 0 Å². The molecule has 3 aromatic rings. The van der Waals surface area contributed by atoms with Gasteiger partial charge in [-0.1, -0.05) is 6.07 Å². The van der Waals surface area contributed by atoms with E-state index in [2.05, 4.69) is 15.2 Å². The first kappa shape index (κ1) is 17.9. The van der Waals surface area contributed by atoms with Gasteiger partial charge in [0.15, 0.2) is 0 Å². The zero-order valence-corrected chi connectivity index (χ0v) is 15.6. The third-order valence-corrected chi connectivity index (χ3v) is 4.67. The number of benzene rings is 2. The minimum absolute atomic E-state index is 0.520. The van der Waals surface area contributed by atoms with Gasteiger partial charge in [0, 0.05) is 24.1 Å². The molecule has 1 amide bonds. The number of methoxy groups -OCH3 is 1. The number of fused-ring (bicyclic) bond motifs is 1. The van der Waals surface area contributed by atoms with Crippen LogP contribution in [0.15, 0.2) is 66.9 Å². The fourth-order valence-electron chi connectivity index (χ4n) is 3.29. The summed E-state index contributed by atoms with van der Waals surface area (Å²) >= 11 is 0. The van der Waals surface area contributed by atoms with Crippen molar-refractivity contribution in [1.29, 1.82) is 0 Å². The maximum Gasteiger partial charge on any atom is 0.417 e. The molecular weight excluding hydrogens is 354 g/mol. The SMILES string of the molecule is COc1ccc(NC(=O)Oc2ccc3c(c2)CCN3Cc2ccccn2)cc1. The van der Waals surface area contributed by atoms with Crippen molar-refractivity contribution >= 4 is 17.5 Å². The van der Waals surface area contributed by atoms with Crippen LogP contribution in [0.25, 0.3) is 0 Å². The maximum atomic E-state index is 12.2. The molecular formula is C22H21N3O3. The van der Waals surface area contributed by atoms with Crippen molar-refractivity contribution in [2.75, 3.05) is 23.9 Å². The maximum absolute atomic E-state index is 12.2. The summed E-state index contributed by atoms with van der Waals surface area (Å²) in [4.78, 5) is 18.8. The van der Waals surface area contributed by atoms with E-state index in [-0.39, 0.29) is 0 Å². The third-order valence-electron chi connectivity index (χ3n) is 4.67. The van der Waals surface area contributed by atoms with Crippen molar-refractivity contribution in [2.45, 2.75) is 13.0 Å². The first-order chi connectivity index (χ1) is 13.7. The Kier molecular flexibility index (Phi) is 5.10. The summed E-state index contributed by atoms with van der Waals surface area (Å²) in [5, 5.41) is 2.72. The molecule has 0 aliphatic carbocycles. The average Bonchev–Trinajstić information content (AvgIpc) is 3.11. The first-order valence-electron chi connectivity index (χ1n) is 9.12. The average molecular weight is 375 g/mol. The van der Waals surface area contributed by atoms with Gasteiger partial charge < -0.3 is 14.4 Å². The molecule has 2 aromatic carbocycles. The highest BCUT2D eigenvalue weighted by molar-refractivity contribution is 5.86. The highest BCUT2D eigenvalue weighted by Crippen LogP contribution is 2.32. The minimum atomic E-state index is -0.520. The number of nitrogens with zero attached hydrogens (tertiary/aromatic N) is 2. The molecule has 142 valence electrons. The lowest BCUT2D eigenvalue weighted by Gasteiger charge is -2.19. The first-order valence-corrected chi connectivity index (χ1v) is 9.12. The number of anilines is 2. The summed E-state index contributed by atoms with van der Waals surface area (Å²) in [5.41, 5.74) is 4.02. The highest BCUT2D eigenvalue weighted by Gasteiger charge is 2.20. The van der Waals surface area contributed by atoms with Crippen LogP contribution in [0.2, 0.25) is 0 Å². The van der Waals surface area contributed by atoms with Crippen LogP contribution in [0.1, 0.15) is 11.3 Å². The van der Waals surface area contributed by atoms with Crippen LogP contribution in [0.5, 0.6) is 11.5 Å². The molecule has 6 heteroatoms. The number of pyridine rings is 1. The van der Waals surface area contributed by atoms with Gasteiger partial charge in [0.2, 0.25) is 0 Å². The molecule has 1 aliphatic heterocycles. The second-order valence-electron chi connectivity index (χ2n) is 6.53. The molecule has 0 radical (unpaired) electrons. The summed E-state index contributed by atoms with van der Waals surface area (Å²) in [6.07, 6.45) is 2.21. The topological polar surface area (TPSA) is 63.7 Å². The van der Waals surface area contributed by atoms with Crippen LogP contribution < -0.4 is 19.7 Å². The molecule has 0 bridgehead atoms. The molecule has 28 heavy (non-hydrogen) atoms. The molecule has 1 aliphatic rings. The molecule has 4 rings (SSSR count). The molecule has 0 spiro atoms.